The van der Waals surface area contributed by atoms with Crippen LogP contribution in [-0.4, -0.2) is 21.5 Å². The Labute approximate surface area is 141 Å². The van der Waals surface area contributed by atoms with Crippen LogP contribution in [-0.2, 0) is 18.5 Å². The Kier molecular flexibility index (Phi) is 3.92. The fourth-order valence-corrected chi connectivity index (χ4v) is 3.54. The second kappa shape index (κ2) is 6.23. The predicted molar refractivity (Wildman–Crippen MR) is 93.9 cm³/mol. The smallest absolute Gasteiger partial charge is 0.0677 e. The highest BCUT2D eigenvalue weighted by atomic mass is 16.3. The maximum atomic E-state index is 10.0. The van der Waals surface area contributed by atoms with E-state index in [-0.39, 0.29) is 12.1 Å². The minimum Gasteiger partial charge on any atom is -0.394 e. The molecule has 1 atom stereocenters. The lowest BCUT2D eigenvalue weighted by Gasteiger charge is -2.29. The lowest BCUT2D eigenvalue weighted by atomic mass is 9.92. The summed E-state index contributed by atoms with van der Waals surface area (Å²) < 4.78 is 1.88. The Hall–Kier alpha value is -2.43. The Morgan fingerprint density at radius 3 is 2.71 bits per heavy atom. The van der Waals surface area contributed by atoms with Crippen molar-refractivity contribution in [1.82, 2.24) is 15.1 Å². The largest absolute Gasteiger partial charge is 0.394 e. The van der Waals surface area contributed by atoms with Crippen LogP contribution >= 0.6 is 0 Å². The molecule has 4 nitrogen and oxygen atoms in total. The van der Waals surface area contributed by atoms with Crippen LogP contribution in [0.5, 0.6) is 0 Å². The number of nitrogens with zero attached hydrogens (tertiary/aromatic N) is 2. The lowest BCUT2D eigenvalue weighted by Crippen LogP contribution is -2.43. The van der Waals surface area contributed by atoms with Crippen molar-refractivity contribution in [3.05, 3.63) is 83.7 Å². The summed E-state index contributed by atoms with van der Waals surface area (Å²) in [5, 5.41) is 18.1. The number of aryl methyl sites for hydroxylation is 1. The molecule has 1 aromatic heterocycles. The minimum atomic E-state index is -0.342. The van der Waals surface area contributed by atoms with E-state index in [2.05, 4.69) is 28.6 Å². The van der Waals surface area contributed by atoms with Gasteiger partial charge in [0.15, 0.2) is 0 Å². The van der Waals surface area contributed by atoms with Crippen molar-refractivity contribution in [1.29, 1.82) is 0 Å². The third-order valence-corrected chi connectivity index (χ3v) is 4.91. The molecule has 0 bridgehead atoms. The van der Waals surface area contributed by atoms with E-state index in [1.807, 2.05) is 53.5 Å². The second-order valence-electron chi connectivity index (χ2n) is 6.38. The molecule has 0 saturated carbocycles. The zero-order valence-electron chi connectivity index (χ0n) is 13.5. The fraction of sp³-hybridized carbons (Fsp3) is 0.250. The molecule has 3 aromatic rings. The molecular weight excluding hydrogens is 298 g/mol. The number of aliphatic hydroxyl groups excluding tert-OH is 1. The summed E-state index contributed by atoms with van der Waals surface area (Å²) in [4.78, 5) is 0. The number of aromatic nitrogens is 2. The number of aliphatic hydroxyl groups is 1. The molecule has 0 amide bonds. The highest BCUT2D eigenvalue weighted by molar-refractivity contribution is 5.39. The van der Waals surface area contributed by atoms with Crippen LogP contribution in [0.25, 0.3) is 5.69 Å². The van der Waals surface area contributed by atoms with Crippen molar-refractivity contribution in [2.24, 2.45) is 0 Å². The van der Waals surface area contributed by atoms with Gasteiger partial charge in [-0.25, -0.2) is 4.68 Å². The first-order valence-corrected chi connectivity index (χ1v) is 8.34. The van der Waals surface area contributed by atoms with Gasteiger partial charge in [0, 0.05) is 18.3 Å². The van der Waals surface area contributed by atoms with Crippen molar-refractivity contribution >= 4 is 0 Å². The third kappa shape index (κ3) is 2.64. The monoisotopic (exact) mass is 319 g/mol. The molecular formula is C20H21N3O. The van der Waals surface area contributed by atoms with E-state index in [0.717, 1.165) is 24.1 Å². The zero-order chi connectivity index (χ0) is 16.4. The van der Waals surface area contributed by atoms with Crippen LogP contribution in [0.1, 0.15) is 23.1 Å². The normalized spacial score (nSPS) is 19.4. The number of fused-ring (bicyclic) bond motifs is 1. The first kappa shape index (κ1) is 15.1. The van der Waals surface area contributed by atoms with Crippen molar-refractivity contribution in [3.63, 3.8) is 0 Å². The Bertz CT molecular complexity index is 828. The highest BCUT2D eigenvalue weighted by Crippen LogP contribution is 2.36. The van der Waals surface area contributed by atoms with Crippen molar-refractivity contribution in [2.45, 2.75) is 24.9 Å². The van der Waals surface area contributed by atoms with Crippen LogP contribution < -0.4 is 5.32 Å². The molecule has 4 heteroatoms. The van der Waals surface area contributed by atoms with E-state index >= 15 is 0 Å². The van der Waals surface area contributed by atoms with Crippen LogP contribution in [0.15, 0.2) is 67.0 Å². The molecule has 2 aromatic carbocycles. The van der Waals surface area contributed by atoms with Crippen LogP contribution in [0.3, 0.4) is 0 Å². The molecule has 122 valence electrons. The van der Waals surface area contributed by atoms with Crippen LogP contribution in [0.2, 0.25) is 0 Å². The van der Waals surface area contributed by atoms with Crippen molar-refractivity contribution in [3.8, 4) is 5.69 Å². The lowest BCUT2D eigenvalue weighted by molar-refractivity contribution is 0.159. The summed E-state index contributed by atoms with van der Waals surface area (Å²) in [7, 11) is 0. The van der Waals surface area contributed by atoms with Gasteiger partial charge in [-0.3, -0.25) is 0 Å². The zero-order valence-corrected chi connectivity index (χ0v) is 13.5. The maximum Gasteiger partial charge on any atom is 0.0677 e. The molecule has 0 spiro atoms. The van der Waals surface area contributed by atoms with E-state index in [1.54, 1.807) is 0 Å². The first-order valence-electron chi connectivity index (χ1n) is 8.34. The number of hydrogen-bond acceptors (Lipinski definition) is 3. The highest BCUT2D eigenvalue weighted by Gasteiger charge is 2.37. The third-order valence-electron chi connectivity index (χ3n) is 4.91. The number of rotatable bonds is 5. The molecule has 24 heavy (non-hydrogen) atoms. The van der Waals surface area contributed by atoms with E-state index in [4.69, 9.17) is 0 Å². The molecule has 2 N–H and O–H groups in total. The van der Waals surface area contributed by atoms with Gasteiger partial charge in [0.05, 0.1) is 24.0 Å². The topological polar surface area (TPSA) is 50.1 Å². The number of para-hydroxylation sites is 1. The van der Waals surface area contributed by atoms with Crippen molar-refractivity contribution in [2.75, 3.05) is 6.61 Å². The summed E-state index contributed by atoms with van der Waals surface area (Å²) in [5.41, 5.74) is 4.37. The van der Waals surface area contributed by atoms with Gasteiger partial charge in [-0.2, -0.15) is 5.10 Å². The molecule has 0 saturated heterocycles. The maximum absolute atomic E-state index is 10.0. The fourth-order valence-electron chi connectivity index (χ4n) is 3.54. The van der Waals surface area contributed by atoms with Gasteiger partial charge in [-0.1, -0.05) is 42.5 Å². The molecule has 0 fully saturated rings. The Balaban J connectivity index is 1.52. The summed E-state index contributed by atoms with van der Waals surface area (Å²) in [6.07, 6.45) is 5.85. The van der Waals surface area contributed by atoms with E-state index in [1.165, 1.54) is 11.1 Å². The number of nitrogens with one attached hydrogen (secondary N) is 1. The van der Waals surface area contributed by atoms with Gasteiger partial charge in [-0.15, -0.1) is 0 Å². The van der Waals surface area contributed by atoms with Crippen LogP contribution in [0, 0.1) is 0 Å². The van der Waals surface area contributed by atoms with Gasteiger partial charge >= 0.3 is 0 Å². The van der Waals surface area contributed by atoms with Gasteiger partial charge < -0.3 is 10.4 Å². The average Bonchev–Trinajstić information content (AvgIpc) is 3.26. The summed E-state index contributed by atoms with van der Waals surface area (Å²) in [5.74, 6) is 0. The second-order valence-corrected chi connectivity index (χ2v) is 6.38. The van der Waals surface area contributed by atoms with Gasteiger partial charge in [0.25, 0.3) is 0 Å². The molecule has 0 aliphatic heterocycles. The Morgan fingerprint density at radius 1 is 1.08 bits per heavy atom. The number of hydrogen-bond donors (Lipinski definition) is 2. The average molecular weight is 319 g/mol. The van der Waals surface area contributed by atoms with Gasteiger partial charge in [-0.05, 0) is 36.1 Å². The quantitative estimate of drug-likeness (QED) is 0.760. The van der Waals surface area contributed by atoms with E-state index in [9.17, 15) is 5.11 Å². The molecule has 1 heterocycles. The Morgan fingerprint density at radius 2 is 1.88 bits per heavy atom. The predicted octanol–water partition coefficient (Wildman–Crippen LogP) is 2.80. The first-order chi connectivity index (χ1) is 11.8. The van der Waals surface area contributed by atoms with E-state index in [0.29, 0.717) is 6.54 Å². The molecule has 1 aliphatic rings. The van der Waals surface area contributed by atoms with Gasteiger partial charge in [0.1, 0.15) is 0 Å². The van der Waals surface area contributed by atoms with E-state index < -0.39 is 0 Å². The minimum absolute atomic E-state index is 0.108. The summed E-state index contributed by atoms with van der Waals surface area (Å²) >= 11 is 0. The molecule has 0 radical (unpaired) electrons. The summed E-state index contributed by atoms with van der Waals surface area (Å²) in [6, 6.07) is 18.5. The molecule has 1 aliphatic carbocycles. The van der Waals surface area contributed by atoms with Gasteiger partial charge in [0.2, 0.25) is 0 Å². The SMILES string of the molecule is OCC1(NCc2cnn(-c3ccccc3)c2)CCc2ccccc21. The molecule has 1 unspecified atom stereocenters. The number of benzene rings is 2. The van der Waals surface area contributed by atoms with Crippen LogP contribution in [0.4, 0.5) is 0 Å². The summed E-state index contributed by atoms with van der Waals surface area (Å²) in [6.45, 7) is 0.790. The molecule has 4 rings (SSSR count). The van der Waals surface area contributed by atoms with Crippen molar-refractivity contribution < 1.29 is 5.11 Å². The standard InChI is InChI=1S/C20H21N3O/c24-15-20(11-10-17-6-4-5-9-19(17)20)21-12-16-13-22-23(14-16)18-7-2-1-3-8-18/h1-9,13-14,21,24H,10-12,15H2.